The normalized spacial score (nSPS) is 10.5. The Bertz CT molecular complexity index is 779. The molecular formula is C17H14N2OS. The summed E-state index contributed by atoms with van der Waals surface area (Å²) in [6.45, 7) is 0. The van der Waals surface area contributed by atoms with Gasteiger partial charge in [-0.25, -0.2) is 0 Å². The van der Waals surface area contributed by atoms with Gasteiger partial charge in [0.2, 0.25) is 0 Å². The predicted octanol–water partition coefficient (Wildman–Crippen LogP) is 3.76. The van der Waals surface area contributed by atoms with Crippen LogP contribution in [-0.2, 0) is 0 Å². The molecule has 0 aliphatic heterocycles. The maximum absolute atomic E-state index is 11.6. The van der Waals surface area contributed by atoms with E-state index < -0.39 is 5.91 Å². The van der Waals surface area contributed by atoms with Gasteiger partial charge in [-0.05, 0) is 11.1 Å². The van der Waals surface area contributed by atoms with Crippen LogP contribution >= 0.6 is 11.3 Å². The van der Waals surface area contributed by atoms with Crippen LogP contribution < -0.4 is 11.5 Å². The van der Waals surface area contributed by atoms with Crippen LogP contribution in [0.15, 0.2) is 60.7 Å². The van der Waals surface area contributed by atoms with Crippen molar-refractivity contribution in [1.82, 2.24) is 0 Å². The first-order chi connectivity index (χ1) is 10.2. The highest BCUT2D eigenvalue weighted by Gasteiger charge is 2.21. The number of nitrogen functional groups attached to an aromatic ring is 1. The van der Waals surface area contributed by atoms with E-state index in [1.165, 1.54) is 11.3 Å². The molecule has 2 aromatic carbocycles. The molecule has 0 spiro atoms. The fourth-order valence-electron chi connectivity index (χ4n) is 2.31. The van der Waals surface area contributed by atoms with Gasteiger partial charge in [0.05, 0.1) is 5.69 Å². The molecule has 0 bridgehead atoms. The van der Waals surface area contributed by atoms with Crippen molar-refractivity contribution in [1.29, 1.82) is 0 Å². The highest BCUT2D eigenvalue weighted by atomic mass is 32.1. The lowest BCUT2D eigenvalue weighted by Gasteiger charge is -2.05. The third-order valence-corrected chi connectivity index (χ3v) is 4.54. The molecule has 3 nitrogen and oxygen atoms in total. The van der Waals surface area contributed by atoms with Crippen LogP contribution in [0.4, 0.5) is 5.69 Å². The largest absolute Gasteiger partial charge is 0.397 e. The van der Waals surface area contributed by atoms with Crippen molar-refractivity contribution in [2.45, 2.75) is 0 Å². The van der Waals surface area contributed by atoms with Gasteiger partial charge in [0, 0.05) is 10.4 Å². The minimum atomic E-state index is -0.489. The molecular weight excluding hydrogens is 280 g/mol. The second-order valence-electron chi connectivity index (χ2n) is 4.65. The Hall–Kier alpha value is -2.59. The van der Waals surface area contributed by atoms with Gasteiger partial charge < -0.3 is 11.5 Å². The molecule has 0 fully saturated rings. The molecule has 4 N–H and O–H groups in total. The number of carbonyl (C=O) groups is 1. The molecule has 0 aliphatic rings. The lowest BCUT2D eigenvalue weighted by molar-refractivity contribution is 0.100. The number of carbonyl (C=O) groups excluding carboxylic acids is 1. The van der Waals surface area contributed by atoms with Crippen LogP contribution in [0.2, 0.25) is 0 Å². The van der Waals surface area contributed by atoms with Crippen LogP contribution in [0, 0.1) is 0 Å². The smallest absolute Gasteiger partial charge is 0.260 e. The van der Waals surface area contributed by atoms with Gasteiger partial charge in [0.1, 0.15) is 4.88 Å². The summed E-state index contributed by atoms with van der Waals surface area (Å²) < 4.78 is 0. The van der Waals surface area contributed by atoms with Crippen LogP contribution in [0.5, 0.6) is 0 Å². The van der Waals surface area contributed by atoms with Crippen LogP contribution in [-0.4, -0.2) is 5.91 Å². The molecule has 0 unspecified atom stereocenters. The van der Waals surface area contributed by atoms with Crippen LogP contribution in [0.3, 0.4) is 0 Å². The van der Waals surface area contributed by atoms with Crippen LogP contribution in [0.1, 0.15) is 9.67 Å². The third-order valence-electron chi connectivity index (χ3n) is 3.27. The molecule has 1 aromatic heterocycles. The summed E-state index contributed by atoms with van der Waals surface area (Å²) >= 11 is 1.34. The van der Waals surface area contributed by atoms with E-state index in [1.807, 2.05) is 60.7 Å². The summed E-state index contributed by atoms with van der Waals surface area (Å²) in [5, 5.41) is 0. The zero-order chi connectivity index (χ0) is 14.8. The van der Waals surface area contributed by atoms with Gasteiger partial charge >= 0.3 is 0 Å². The molecule has 3 aromatic rings. The molecule has 3 rings (SSSR count). The Morgan fingerprint density at radius 3 is 1.90 bits per heavy atom. The number of nitrogens with two attached hydrogens (primary N) is 2. The topological polar surface area (TPSA) is 69.1 Å². The Kier molecular flexibility index (Phi) is 3.46. The van der Waals surface area contributed by atoms with Crippen molar-refractivity contribution >= 4 is 22.9 Å². The standard InChI is InChI=1S/C17H14N2OS/c18-14-13(11-7-3-1-4-8-11)15(21-16(14)17(19)20)12-9-5-2-6-10-12/h1-10H,18H2,(H2,19,20). The number of rotatable bonds is 3. The fraction of sp³-hybridized carbons (Fsp3) is 0. The Labute approximate surface area is 126 Å². The van der Waals surface area contributed by atoms with E-state index >= 15 is 0 Å². The molecule has 104 valence electrons. The average molecular weight is 294 g/mol. The molecule has 4 heteroatoms. The Balaban J connectivity index is 2.29. The van der Waals surface area contributed by atoms with E-state index in [1.54, 1.807) is 0 Å². The van der Waals surface area contributed by atoms with Crippen molar-refractivity contribution in [3.8, 4) is 21.6 Å². The molecule has 1 amide bonds. The molecule has 1 heterocycles. The van der Waals surface area contributed by atoms with Crippen molar-refractivity contribution < 1.29 is 4.79 Å². The maximum Gasteiger partial charge on any atom is 0.260 e. The van der Waals surface area contributed by atoms with Crippen molar-refractivity contribution in [3.05, 3.63) is 65.5 Å². The molecule has 0 saturated carbocycles. The minimum Gasteiger partial charge on any atom is -0.397 e. The quantitative estimate of drug-likeness (QED) is 0.772. The van der Waals surface area contributed by atoms with Gasteiger partial charge in [-0.3, -0.25) is 4.79 Å². The summed E-state index contributed by atoms with van der Waals surface area (Å²) in [6.07, 6.45) is 0. The van der Waals surface area contributed by atoms with E-state index in [-0.39, 0.29) is 0 Å². The van der Waals surface area contributed by atoms with Crippen molar-refractivity contribution in [3.63, 3.8) is 0 Å². The molecule has 0 aliphatic carbocycles. The molecule has 0 atom stereocenters. The summed E-state index contributed by atoms with van der Waals surface area (Å²) in [5.41, 5.74) is 15.0. The zero-order valence-corrected chi connectivity index (χ0v) is 12.1. The fourth-order valence-corrected chi connectivity index (χ4v) is 3.41. The van der Waals surface area contributed by atoms with Gasteiger partial charge in [0.15, 0.2) is 0 Å². The van der Waals surface area contributed by atoms with E-state index in [2.05, 4.69) is 0 Å². The number of hydrogen-bond donors (Lipinski definition) is 2. The van der Waals surface area contributed by atoms with Crippen LogP contribution in [0.25, 0.3) is 21.6 Å². The summed E-state index contributed by atoms with van der Waals surface area (Å²) in [4.78, 5) is 13.0. The second-order valence-corrected chi connectivity index (χ2v) is 5.67. The first-order valence-corrected chi connectivity index (χ1v) is 7.33. The van der Waals surface area contributed by atoms with Gasteiger partial charge in [-0.15, -0.1) is 11.3 Å². The zero-order valence-electron chi connectivity index (χ0n) is 11.2. The van der Waals surface area contributed by atoms with Gasteiger partial charge in [0.25, 0.3) is 5.91 Å². The first kappa shape index (κ1) is 13.4. The lowest BCUT2D eigenvalue weighted by atomic mass is 10.0. The van der Waals surface area contributed by atoms with Crippen molar-refractivity contribution in [2.24, 2.45) is 5.73 Å². The second kappa shape index (κ2) is 5.42. The van der Waals surface area contributed by atoms with Gasteiger partial charge in [-0.2, -0.15) is 0 Å². The Morgan fingerprint density at radius 2 is 1.38 bits per heavy atom. The SMILES string of the molecule is NC(=O)c1sc(-c2ccccc2)c(-c2ccccc2)c1N. The lowest BCUT2D eigenvalue weighted by Crippen LogP contribution is -2.10. The summed E-state index contributed by atoms with van der Waals surface area (Å²) in [7, 11) is 0. The van der Waals surface area contributed by atoms with E-state index in [9.17, 15) is 4.79 Å². The third kappa shape index (κ3) is 2.41. The highest BCUT2D eigenvalue weighted by molar-refractivity contribution is 7.18. The maximum atomic E-state index is 11.6. The van der Waals surface area contributed by atoms with Crippen molar-refractivity contribution in [2.75, 3.05) is 5.73 Å². The number of primary amides is 1. The summed E-state index contributed by atoms with van der Waals surface area (Å²) in [6, 6.07) is 19.7. The number of benzene rings is 2. The number of anilines is 1. The number of hydrogen-bond acceptors (Lipinski definition) is 3. The molecule has 0 saturated heterocycles. The molecule has 21 heavy (non-hydrogen) atoms. The summed E-state index contributed by atoms with van der Waals surface area (Å²) in [5.74, 6) is -0.489. The highest BCUT2D eigenvalue weighted by Crippen LogP contribution is 2.44. The number of amides is 1. The van der Waals surface area contributed by atoms with E-state index in [0.29, 0.717) is 10.6 Å². The number of thiophene rings is 1. The van der Waals surface area contributed by atoms with E-state index in [4.69, 9.17) is 11.5 Å². The molecule has 0 radical (unpaired) electrons. The first-order valence-electron chi connectivity index (χ1n) is 6.51. The van der Waals surface area contributed by atoms with Gasteiger partial charge in [-0.1, -0.05) is 60.7 Å². The van der Waals surface area contributed by atoms with E-state index in [0.717, 1.165) is 21.6 Å². The predicted molar refractivity (Wildman–Crippen MR) is 88.1 cm³/mol. The monoisotopic (exact) mass is 294 g/mol. The minimum absolute atomic E-state index is 0.410. The Morgan fingerprint density at radius 1 is 0.857 bits per heavy atom. The average Bonchev–Trinajstić information content (AvgIpc) is 2.87.